The Morgan fingerprint density at radius 1 is 1.07 bits per heavy atom. The number of halogens is 1. The van der Waals surface area contributed by atoms with Crippen LogP contribution in [0, 0.1) is 5.82 Å². The average molecular weight is 365 g/mol. The van der Waals surface area contributed by atoms with Crippen molar-refractivity contribution in [2.24, 2.45) is 0 Å². The van der Waals surface area contributed by atoms with Crippen molar-refractivity contribution in [1.29, 1.82) is 0 Å². The van der Waals surface area contributed by atoms with Gasteiger partial charge in [0, 0.05) is 23.6 Å². The number of nitrogens with one attached hydrogen (secondary N) is 1. The summed E-state index contributed by atoms with van der Waals surface area (Å²) in [7, 11) is 0. The van der Waals surface area contributed by atoms with Crippen LogP contribution in [0.4, 0.5) is 10.1 Å². The van der Waals surface area contributed by atoms with Gasteiger partial charge in [-0.1, -0.05) is 45.0 Å². The van der Waals surface area contributed by atoms with Crippen molar-refractivity contribution in [3.8, 4) is 5.69 Å². The zero-order valence-electron chi connectivity index (χ0n) is 15.4. The van der Waals surface area contributed by atoms with Gasteiger partial charge >= 0.3 is 0 Å². The number of hydrogen-bond donors (Lipinski definition) is 1. The van der Waals surface area contributed by atoms with Crippen molar-refractivity contribution in [3.63, 3.8) is 0 Å². The molecule has 3 aromatic rings. The minimum absolute atomic E-state index is 0.0433. The zero-order valence-corrected chi connectivity index (χ0v) is 15.4. The molecule has 1 heterocycles. The Kier molecular flexibility index (Phi) is 4.90. The lowest BCUT2D eigenvalue weighted by Crippen LogP contribution is -2.23. The number of carbonyl (C=O) groups excluding carboxylic acids is 2. The molecule has 0 aliphatic carbocycles. The quantitative estimate of drug-likeness (QED) is 0.558. The summed E-state index contributed by atoms with van der Waals surface area (Å²) in [5.41, 5.74) is 1.82. The number of imidazole rings is 1. The molecule has 0 fully saturated rings. The highest BCUT2D eigenvalue weighted by Gasteiger charge is 2.19. The fourth-order valence-electron chi connectivity index (χ4n) is 2.64. The largest absolute Gasteiger partial charge is 0.319 e. The fraction of sp³-hybridized carbons (Fsp3) is 0.190. The van der Waals surface area contributed by atoms with Gasteiger partial charge in [-0.25, -0.2) is 9.37 Å². The first-order chi connectivity index (χ1) is 12.8. The lowest BCUT2D eigenvalue weighted by atomic mass is 9.86. The van der Waals surface area contributed by atoms with Crippen molar-refractivity contribution in [2.45, 2.75) is 26.2 Å². The van der Waals surface area contributed by atoms with Crippen LogP contribution < -0.4 is 5.32 Å². The van der Waals surface area contributed by atoms with Crippen molar-refractivity contribution >= 4 is 17.4 Å². The van der Waals surface area contributed by atoms with Gasteiger partial charge in [-0.2, -0.15) is 0 Å². The lowest BCUT2D eigenvalue weighted by Gasteiger charge is -2.18. The van der Waals surface area contributed by atoms with E-state index in [0.717, 1.165) is 5.56 Å². The summed E-state index contributed by atoms with van der Waals surface area (Å²) < 4.78 is 15.8. The van der Waals surface area contributed by atoms with Gasteiger partial charge in [-0.3, -0.25) is 9.59 Å². The second-order valence-corrected chi connectivity index (χ2v) is 7.25. The van der Waals surface area contributed by atoms with Crippen LogP contribution in [-0.2, 0) is 10.2 Å². The summed E-state index contributed by atoms with van der Waals surface area (Å²) >= 11 is 0. The van der Waals surface area contributed by atoms with Crippen LogP contribution >= 0.6 is 0 Å². The molecule has 0 aliphatic rings. The minimum atomic E-state index is -0.812. The van der Waals surface area contributed by atoms with Crippen LogP contribution in [0.25, 0.3) is 5.69 Å². The topological polar surface area (TPSA) is 64.0 Å². The minimum Gasteiger partial charge on any atom is -0.319 e. The van der Waals surface area contributed by atoms with E-state index in [0.29, 0.717) is 5.69 Å². The number of carbonyl (C=O) groups is 2. The van der Waals surface area contributed by atoms with Crippen molar-refractivity contribution in [3.05, 3.63) is 78.1 Å². The maximum Gasteiger partial charge on any atom is 0.296 e. The normalized spacial score (nSPS) is 11.3. The number of anilines is 1. The predicted octanol–water partition coefficient (Wildman–Crippen LogP) is 4.13. The molecule has 0 atom stereocenters. The summed E-state index contributed by atoms with van der Waals surface area (Å²) in [5.74, 6) is -2.02. The van der Waals surface area contributed by atoms with E-state index in [1.165, 1.54) is 29.1 Å². The second-order valence-electron chi connectivity index (χ2n) is 7.25. The summed E-state index contributed by atoms with van der Waals surface area (Å²) in [6.07, 6.45) is 4.63. The molecule has 3 rings (SSSR count). The maximum atomic E-state index is 14.3. The standard InChI is InChI=1S/C21H20FN3O2/c1-21(2,3)15-6-4-14(5-7-15)19(26)20(27)24-16-8-9-18(17(22)12-16)25-11-10-23-13-25/h4-13H,1-3H3,(H,24,27). The molecule has 6 heteroatoms. The molecule has 0 aliphatic heterocycles. The Bertz CT molecular complexity index is 972. The first kappa shape index (κ1) is 18.5. The molecule has 0 saturated heterocycles. The monoisotopic (exact) mass is 365 g/mol. The number of benzene rings is 2. The van der Waals surface area contributed by atoms with Gasteiger partial charge in [0.05, 0.1) is 12.0 Å². The number of amides is 1. The first-order valence-electron chi connectivity index (χ1n) is 8.50. The van der Waals surface area contributed by atoms with Crippen LogP contribution in [0.15, 0.2) is 61.2 Å². The molecule has 0 saturated carbocycles. The summed E-state index contributed by atoms with van der Waals surface area (Å²) in [6, 6.07) is 11.1. The van der Waals surface area contributed by atoms with E-state index >= 15 is 0 Å². The third kappa shape index (κ3) is 4.11. The smallest absolute Gasteiger partial charge is 0.296 e. The Morgan fingerprint density at radius 2 is 1.78 bits per heavy atom. The van der Waals surface area contributed by atoms with Crippen LogP contribution in [-0.4, -0.2) is 21.2 Å². The van der Waals surface area contributed by atoms with Gasteiger partial charge in [-0.15, -0.1) is 0 Å². The Balaban J connectivity index is 1.73. The predicted molar refractivity (Wildman–Crippen MR) is 102 cm³/mol. The van der Waals surface area contributed by atoms with Gasteiger partial charge in [-0.05, 0) is 29.2 Å². The number of hydrogen-bond acceptors (Lipinski definition) is 3. The van der Waals surface area contributed by atoms with E-state index in [9.17, 15) is 14.0 Å². The summed E-state index contributed by atoms with van der Waals surface area (Å²) in [4.78, 5) is 28.4. The van der Waals surface area contributed by atoms with E-state index in [2.05, 4.69) is 31.1 Å². The van der Waals surface area contributed by atoms with Crippen molar-refractivity contribution in [1.82, 2.24) is 9.55 Å². The zero-order chi connectivity index (χ0) is 19.6. The second kappa shape index (κ2) is 7.15. The number of Topliss-reactive ketones (excluding diaryl/α,β-unsaturated/α-hetero) is 1. The molecular weight excluding hydrogens is 345 g/mol. The number of rotatable bonds is 4. The number of ketones is 1. The third-order valence-corrected chi connectivity index (χ3v) is 4.21. The maximum absolute atomic E-state index is 14.3. The molecule has 27 heavy (non-hydrogen) atoms. The molecule has 0 radical (unpaired) electrons. The van der Waals surface area contributed by atoms with Crippen LogP contribution in [0.1, 0.15) is 36.7 Å². The fourth-order valence-corrected chi connectivity index (χ4v) is 2.64. The number of aromatic nitrogens is 2. The van der Waals surface area contributed by atoms with E-state index in [1.807, 2.05) is 12.1 Å². The highest BCUT2D eigenvalue weighted by atomic mass is 19.1. The van der Waals surface area contributed by atoms with Crippen LogP contribution in [0.5, 0.6) is 0 Å². The Labute approximate surface area is 156 Å². The molecular formula is C21H20FN3O2. The van der Waals surface area contributed by atoms with E-state index in [1.54, 1.807) is 24.5 Å². The van der Waals surface area contributed by atoms with Gasteiger partial charge < -0.3 is 9.88 Å². The van der Waals surface area contributed by atoms with Gasteiger partial charge in [0.2, 0.25) is 0 Å². The molecule has 0 bridgehead atoms. The average Bonchev–Trinajstić information content (AvgIpc) is 3.15. The van der Waals surface area contributed by atoms with Crippen molar-refractivity contribution < 1.29 is 14.0 Å². The number of nitrogens with zero attached hydrogens (tertiary/aromatic N) is 2. The van der Waals surface area contributed by atoms with E-state index < -0.39 is 17.5 Å². The molecule has 138 valence electrons. The SMILES string of the molecule is CC(C)(C)c1ccc(C(=O)C(=O)Nc2ccc(-n3ccnc3)c(F)c2)cc1. The third-order valence-electron chi connectivity index (χ3n) is 4.21. The first-order valence-corrected chi connectivity index (χ1v) is 8.50. The summed E-state index contributed by atoms with van der Waals surface area (Å²) in [5, 5.41) is 2.45. The van der Waals surface area contributed by atoms with E-state index in [4.69, 9.17) is 0 Å². The highest BCUT2D eigenvalue weighted by Crippen LogP contribution is 2.23. The Morgan fingerprint density at radius 3 is 2.33 bits per heavy atom. The van der Waals surface area contributed by atoms with Crippen LogP contribution in [0.2, 0.25) is 0 Å². The van der Waals surface area contributed by atoms with Gasteiger partial charge in [0.15, 0.2) is 0 Å². The van der Waals surface area contributed by atoms with Crippen molar-refractivity contribution in [2.75, 3.05) is 5.32 Å². The Hall–Kier alpha value is -3.28. The molecule has 2 aromatic carbocycles. The van der Waals surface area contributed by atoms with E-state index in [-0.39, 0.29) is 16.7 Å². The van der Waals surface area contributed by atoms with Crippen LogP contribution in [0.3, 0.4) is 0 Å². The van der Waals surface area contributed by atoms with Gasteiger partial charge in [0.25, 0.3) is 11.7 Å². The molecule has 0 unspecified atom stereocenters. The van der Waals surface area contributed by atoms with Gasteiger partial charge in [0.1, 0.15) is 5.82 Å². The molecule has 5 nitrogen and oxygen atoms in total. The molecule has 1 N–H and O–H groups in total. The molecule has 1 amide bonds. The summed E-state index contributed by atoms with van der Waals surface area (Å²) in [6.45, 7) is 6.20. The molecule has 1 aromatic heterocycles. The molecule has 0 spiro atoms. The highest BCUT2D eigenvalue weighted by molar-refractivity contribution is 6.46. The lowest BCUT2D eigenvalue weighted by molar-refractivity contribution is -0.112.